The molecule has 0 atom stereocenters. The molecule has 6 nitrogen and oxygen atoms in total. The van der Waals surface area contributed by atoms with Crippen molar-refractivity contribution < 1.29 is 24.2 Å². The first-order chi connectivity index (χ1) is 12.4. The zero-order valence-electron chi connectivity index (χ0n) is 15.9. The van der Waals surface area contributed by atoms with Crippen LogP contribution >= 0.6 is 0 Å². The van der Waals surface area contributed by atoms with Crippen LogP contribution in [0, 0.1) is 6.92 Å². The summed E-state index contributed by atoms with van der Waals surface area (Å²) in [6.45, 7) is 6.67. The van der Waals surface area contributed by atoms with Crippen molar-refractivity contribution in [3.63, 3.8) is 0 Å². The van der Waals surface area contributed by atoms with E-state index >= 15 is 0 Å². The summed E-state index contributed by atoms with van der Waals surface area (Å²) in [5, 5.41) is 13.4. The van der Waals surface area contributed by atoms with Gasteiger partial charge in [-0.15, -0.1) is 0 Å². The van der Waals surface area contributed by atoms with Gasteiger partial charge in [-0.05, 0) is 38.7 Å². The second-order valence-electron chi connectivity index (χ2n) is 6.52. The van der Waals surface area contributed by atoms with Gasteiger partial charge in [0, 0.05) is 24.1 Å². The highest BCUT2D eigenvalue weighted by Crippen LogP contribution is 2.42. The van der Waals surface area contributed by atoms with E-state index in [0.29, 0.717) is 42.7 Å². The van der Waals surface area contributed by atoms with Gasteiger partial charge in [0.15, 0.2) is 0 Å². The number of carbonyl (C=O) groups excluding carboxylic acids is 2. The topological polar surface area (TPSA) is 84.9 Å². The van der Waals surface area contributed by atoms with Crippen molar-refractivity contribution in [2.45, 2.75) is 53.1 Å². The number of hydrogen-bond donors (Lipinski definition) is 2. The van der Waals surface area contributed by atoms with Crippen molar-refractivity contribution in [3.8, 4) is 11.5 Å². The van der Waals surface area contributed by atoms with Crippen LogP contribution < -0.4 is 10.1 Å². The van der Waals surface area contributed by atoms with Gasteiger partial charge in [0.25, 0.3) is 0 Å². The summed E-state index contributed by atoms with van der Waals surface area (Å²) < 4.78 is 10.5. The van der Waals surface area contributed by atoms with Crippen LogP contribution in [0.5, 0.6) is 11.5 Å². The molecular weight excluding hydrogens is 334 g/mol. The summed E-state index contributed by atoms with van der Waals surface area (Å²) in [7, 11) is 1.55. The fourth-order valence-corrected chi connectivity index (χ4v) is 3.07. The number of hydrogen-bond acceptors (Lipinski definition) is 5. The number of benzene rings is 1. The number of methoxy groups -OCH3 is 1. The van der Waals surface area contributed by atoms with Crippen molar-refractivity contribution in [1.82, 2.24) is 5.32 Å². The monoisotopic (exact) mass is 361 g/mol. The molecule has 1 aliphatic rings. The number of phenolic OH excluding ortho intramolecular Hbond substituents is 1. The summed E-state index contributed by atoms with van der Waals surface area (Å²) in [5.74, 6) is 0.0351. The highest BCUT2D eigenvalue weighted by molar-refractivity contribution is 5.98. The molecule has 2 rings (SSSR count). The molecule has 1 heterocycles. The van der Waals surface area contributed by atoms with Crippen molar-refractivity contribution in [2.24, 2.45) is 0 Å². The Balaban J connectivity index is 2.16. The Labute approximate surface area is 154 Å². The first-order valence-corrected chi connectivity index (χ1v) is 8.91. The van der Waals surface area contributed by atoms with Crippen molar-refractivity contribution in [1.29, 1.82) is 0 Å². The Kier molecular flexibility index (Phi) is 6.66. The predicted octanol–water partition coefficient (Wildman–Crippen LogP) is 3.17. The fraction of sp³-hybridized carbons (Fsp3) is 0.500. The predicted molar refractivity (Wildman–Crippen MR) is 98.5 cm³/mol. The molecule has 0 saturated heterocycles. The molecule has 142 valence electrons. The number of allylic oxidation sites excluding steroid dienone is 2. The highest BCUT2D eigenvalue weighted by Gasteiger charge is 2.31. The van der Waals surface area contributed by atoms with E-state index in [2.05, 4.69) is 5.32 Å². The second kappa shape index (κ2) is 8.74. The lowest BCUT2D eigenvalue weighted by atomic mass is 9.94. The number of nitrogens with one attached hydrogen (secondary N) is 1. The molecule has 0 fully saturated rings. The van der Waals surface area contributed by atoms with E-state index in [4.69, 9.17) is 9.47 Å². The molecule has 0 aliphatic carbocycles. The largest absolute Gasteiger partial charge is 0.507 e. The lowest BCUT2D eigenvalue weighted by Crippen LogP contribution is -2.23. The van der Waals surface area contributed by atoms with Crippen LogP contribution in [-0.2, 0) is 22.6 Å². The molecule has 0 spiro atoms. The van der Waals surface area contributed by atoms with E-state index < -0.39 is 5.97 Å². The third-order valence-electron chi connectivity index (χ3n) is 4.62. The maximum absolute atomic E-state index is 11.9. The van der Waals surface area contributed by atoms with E-state index in [1.165, 1.54) is 0 Å². The molecule has 0 saturated carbocycles. The van der Waals surface area contributed by atoms with Gasteiger partial charge < -0.3 is 19.9 Å². The zero-order chi connectivity index (χ0) is 19.3. The van der Waals surface area contributed by atoms with E-state index in [1.807, 2.05) is 26.8 Å². The summed E-state index contributed by atoms with van der Waals surface area (Å²) in [5.41, 5.74) is 3.34. The zero-order valence-corrected chi connectivity index (χ0v) is 15.9. The Bertz CT molecular complexity index is 736. The molecular formula is C20H27NO5. The minimum absolute atomic E-state index is 0.0381. The molecule has 6 heteroatoms. The van der Waals surface area contributed by atoms with Crippen LogP contribution in [0.15, 0.2) is 11.6 Å². The SMILES string of the molecule is CCCNC(=O)CC/C(C)=C/Cc1c(O)c2c(c(C)c1OC)COC2=O. The Hall–Kier alpha value is -2.50. The summed E-state index contributed by atoms with van der Waals surface area (Å²) in [6, 6.07) is 0. The Morgan fingerprint density at radius 3 is 2.77 bits per heavy atom. The van der Waals surface area contributed by atoms with Gasteiger partial charge in [0.1, 0.15) is 23.7 Å². The number of ether oxygens (including phenoxy) is 2. The number of phenols is 1. The first-order valence-electron chi connectivity index (χ1n) is 8.91. The molecule has 0 aromatic heterocycles. The van der Waals surface area contributed by atoms with E-state index in [9.17, 15) is 14.7 Å². The summed E-state index contributed by atoms with van der Waals surface area (Å²) >= 11 is 0. The van der Waals surface area contributed by atoms with Gasteiger partial charge >= 0.3 is 5.97 Å². The van der Waals surface area contributed by atoms with Crippen LogP contribution in [0.1, 0.15) is 60.2 Å². The fourth-order valence-electron chi connectivity index (χ4n) is 3.07. The summed E-state index contributed by atoms with van der Waals surface area (Å²) in [4.78, 5) is 23.6. The maximum atomic E-state index is 11.9. The van der Waals surface area contributed by atoms with E-state index in [1.54, 1.807) is 7.11 Å². The molecule has 1 aromatic carbocycles. The lowest BCUT2D eigenvalue weighted by molar-refractivity contribution is -0.121. The highest BCUT2D eigenvalue weighted by atomic mass is 16.5. The minimum atomic E-state index is -0.502. The number of aromatic hydroxyl groups is 1. The number of fused-ring (bicyclic) bond motifs is 1. The minimum Gasteiger partial charge on any atom is -0.507 e. The van der Waals surface area contributed by atoms with Crippen LogP contribution in [0.25, 0.3) is 0 Å². The van der Waals surface area contributed by atoms with Gasteiger partial charge in [-0.25, -0.2) is 4.79 Å². The lowest BCUT2D eigenvalue weighted by Gasteiger charge is -2.15. The van der Waals surface area contributed by atoms with Crippen LogP contribution in [-0.4, -0.2) is 30.6 Å². The third-order valence-corrected chi connectivity index (χ3v) is 4.62. The average Bonchev–Trinajstić information content (AvgIpc) is 3.02. The van der Waals surface area contributed by atoms with Gasteiger partial charge in [-0.1, -0.05) is 18.6 Å². The number of cyclic esters (lactones) is 1. The normalized spacial score (nSPS) is 13.4. The molecule has 1 aliphatic heterocycles. The molecule has 0 radical (unpaired) electrons. The number of amides is 1. The Morgan fingerprint density at radius 1 is 1.38 bits per heavy atom. The van der Waals surface area contributed by atoms with Crippen molar-refractivity contribution >= 4 is 11.9 Å². The molecule has 1 aromatic rings. The second-order valence-corrected chi connectivity index (χ2v) is 6.52. The molecule has 2 N–H and O–H groups in total. The Morgan fingerprint density at radius 2 is 2.12 bits per heavy atom. The number of esters is 1. The van der Waals surface area contributed by atoms with Crippen LogP contribution in [0.3, 0.4) is 0 Å². The smallest absolute Gasteiger partial charge is 0.342 e. The van der Waals surface area contributed by atoms with E-state index in [-0.39, 0.29) is 23.8 Å². The van der Waals surface area contributed by atoms with Crippen LogP contribution in [0.2, 0.25) is 0 Å². The number of carbonyl (C=O) groups is 2. The average molecular weight is 361 g/mol. The van der Waals surface area contributed by atoms with Crippen molar-refractivity contribution in [3.05, 3.63) is 33.9 Å². The van der Waals surface area contributed by atoms with Crippen LogP contribution in [0.4, 0.5) is 0 Å². The quantitative estimate of drug-likeness (QED) is 0.549. The number of rotatable bonds is 8. The van der Waals surface area contributed by atoms with Gasteiger partial charge in [0.2, 0.25) is 5.91 Å². The standard InChI is InChI=1S/C20H27NO5/c1-5-10-21-16(22)9-7-12(2)6-8-14-18(23)17-15(11-26-20(17)24)13(3)19(14)25-4/h6,23H,5,7-11H2,1-4H3,(H,21,22)/b12-6+. The molecule has 1 amide bonds. The van der Waals surface area contributed by atoms with Gasteiger partial charge in [-0.3, -0.25) is 4.79 Å². The maximum Gasteiger partial charge on any atom is 0.342 e. The van der Waals surface area contributed by atoms with Gasteiger partial charge in [0.05, 0.1) is 7.11 Å². The van der Waals surface area contributed by atoms with Crippen molar-refractivity contribution in [2.75, 3.05) is 13.7 Å². The summed E-state index contributed by atoms with van der Waals surface area (Å²) in [6.07, 6.45) is 4.36. The van der Waals surface area contributed by atoms with Gasteiger partial charge in [-0.2, -0.15) is 0 Å². The first kappa shape index (κ1) is 19.8. The molecule has 0 unspecified atom stereocenters. The molecule has 26 heavy (non-hydrogen) atoms. The third kappa shape index (κ3) is 4.18. The molecule has 0 bridgehead atoms. The van der Waals surface area contributed by atoms with E-state index in [0.717, 1.165) is 17.6 Å².